The van der Waals surface area contributed by atoms with Gasteiger partial charge in [0.1, 0.15) is 6.07 Å². The molecule has 3 rings (SSSR count). The van der Waals surface area contributed by atoms with Crippen LogP contribution in [0.3, 0.4) is 0 Å². The molecule has 6 nitrogen and oxygen atoms in total. The molecule has 0 bridgehead atoms. The second-order valence-electron chi connectivity index (χ2n) is 6.13. The zero-order valence-corrected chi connectivity index (χ0v) is 15.4. The van der Waals surface area contributed by atoms with E-state index in [0.717, 1.165) is 37.6 Å². The fraction of sp³-hybridized carbons (Fsp3) is 0.316. The molecule has 1 saturated heterocycles. The third kappa shape index (κ3) is 3.88. The van der Waals surface area contributed by atoms with Crippen molar-refractivity contribution in [1.29, 1.82) is 5.26 Å². The van der Waals surface area contributed by atoms with Gasteiger partial charge in [-0.15, -0.1) is 0 Å². The van der Waals surface area contributed by atoms with E-state index < -0.39 is 10.0 Å². The molecule has 0 N–H and O–H groups in total. The standard InChI is InChI=1S/C19H21N3O3S/c1-21(26(23,24)19-5-3-2-4-17(19)14-20)15-16-6-8-18(9-7-16)22-10-12-25-13-11-22/h2-9H,10-13,15H2,1H3. The minimum atomic E-state index is -3.73. The molecule has 26 heavy (non-hydrogen) atoms. The zero-order valence-electron chi connectivity index (χ0n) is 14.6. The van der Waals surface area contributed by atoms with Crippen LogP contribution in [0.25, 0.3) is 0 Å². The van der Waals surface area contributed by atoms with E-state index in [-0.39, 0.29) is 17.0 Å². The van der Waals surface area contributed by atoms with Crippen LogP contribution in [0.5, 0.6) is 0 Å². The Labute approximate surface area is 154 Å². The maximum Gasteiger partial charge on any atom is 0.244 e. The van der Waals surface area contributed by atoms with Gasteiger partial charge in [-0.3, -0.25) is 0 Å². The van der Waals surface area contributed by atoms with Crippen LogP contribution in [0.15, 0.2) is 53.4 Å². The molecule has 0 aromatic heterocycles. The molecular formula is C19H21N3O3S. The van der Waals surface area contributed by atoms with E-state index in [1.807, 2.05) is 30.3 Å². The second-order valence-corrected chi connectivity index (χ2v) is 8.15. The van der Waals surface area contributed by atoms with Crippen molar-refractivity contribution in [2.24, 2.45) is 0 Å². The number of anilines is 1. The molecule has 0 spiro atoms. The van der Waals surface area contributed by atoms with E-state index in [1.165, 1.54) is 23.5 Å². The van der Waals surface area contributed by atoms with Crippen LogP contribution in [-0.4, -0.2) is 46.1 Å². The van der Waals surface area contributed by atoms with Gasteiger partial charge in [-0.2, -0.15) is 9.57 Å². The van der Waals surface area contributed by atoms with Gasteiger partial charge in [0.25, 0.3) is 0 Å². The summed E-state index contributed by atoms with van der Waals surface area (Å²) in [5.74, 6) is 0. The minimum Gasteiger partial charge on any atom is -0.378 e. The van der Waals surface area contributed by atoms with Gasteiger partial charge in [-0.25, -0.2) is 8.42 Å². The van der Waals surface area contributed by atoms with Crippen molar-refractivity contribution >= 4 is 15.7 Å². The number of hydrogen-bond acceptors (Lipinski definition) is 5. The maximum atomic E-state index is 12.8. The fourth-order valence-electron chi connectivity index (χ4n) is 2.93. The monoisotopic (exact) mass is 371 g/mol. The Balaban J connectivity index is 1.75. The Hall–Kier alpha value is -2.40. The minimum absolute atomic E-state index is 0.0370. The number of morpholine rings is 1. The van der Waals surface area contributed by atoms with Crippen LogP contribution in [0, 0.1) is 11.3 Å². The molecule has 1 heterocycles. The van der Waals surface area contributed by atoms with Gasteiger partial charge in [-0.1, -0.05) is 24.3 Å². The lowest BCUT2D eigenvalue weighted by molar-refractivity contribution is 0.122. The third-order valence-electron chi connectivity index (χ3n) is 4.41. The Bertz CT molecular complexity index is 898. The van der Waals surface area contributed by atoms with Crippen molar-refractivity contribution in [3.05, 3.63) is 59.7 Å². The van der Waals surface area contributed by atoms with E-state index in [1.54, 1.807) is 12.1 Å². The molecule has 1 aliphatic heterocycles. The summed E-state index contributed by atoms with van der Waals surface area (Å²) in [5, 5.41) is 9.16. The molecule has 0 atom stereocenters. The molecule has 2 aromatic rings. The molecule has 0 saturated carbocycles. The number of rotatable bonds is 5. The number of ether oxygens (including phenoxy) is 1. The molecular weight excluding hydrogens is 350 g/mol. The van der Waals surface area contributed by atoms with E-state index in [0.29, 0.717) is 0 Å². The lowest BCUT2D eigenvalue weighted by atomic mass is 10.2. The van der Waals surface area contributed by atoms with E-state index >= 15 is 0 Å². The highest BCUT2D eigenvalue weighted by molar-refractivity contribution is 7.89. The number of sulfonamides is 1. The molecule has 136 valence electrons. The van der Waals surface area contributed by atoms with Crippen LogP contribution < -0.4 is 4.90 Å². The van der Waals surface area contributed by atoms with Crippen molar-refractivity contribution in [3.8, 4) is 6.07 Å². The van der Waals surface area contributed by atoms with Crippen molar-refractivity contribution < 1.29 is 13.2 Å². The molecule has 0 unspecified atom stereocenters. The lowest BCUT2D eigenvalue weighted by Gasteiger charge is -2.29. The van der Waals surface area contributed by atoms with Crippen molar-refractivity contribution in [2.45, 2.75) is 11.4 Å². The van der Waals surface area contributed by atoms with Crippen molar-refractivity contribution in [1.82, 2.24) is 4.31 Å². The number of hydrogen-bond donors (Lipinski definition) is 0. The summed E-state index contributed by atoms with van der Waals surface area (Å²) in [4.78, 5) is 2.28. The predicted molar refractivity (Wildman–Crippen MR) is 99.3 cm³/mol. The number of nitriles is 1. The Morgan fingerprint density at radius 3 is 2.42 bits per heavy atom. The fourth-order valence-corrected chi connectivity index (χ4v) is 4.22. The molecule has 0 amide bonds. The second kappa shape index (κ2) is 7.87. The van der Waals surface area contributed by atoms with Crippen LogP contribution in [-0.2, 0) is 21.3 Å². The topological polar surface area (TPSA) is 73.6 Å². The molecule has 0 aliphatic carbocycles. The first-order chi connectivity index (χ1) is 12.5. The summed E-state index contributed by atoms with van der Waals surface area (Å²) in [5.41, 5.74) is 2.15. The van der Waals surface area contributed by atoms with Gasteiger partial charge in [0.2, 0.25) is 10.0 Å². The summed E-state index contributed by atoms with van der Waals surface area (Å²) in [6.07, 6.45) is 0. The smallest absolute Gasteiger partial charge is 0.244 e. The lowest BCUT2D eigenvalue weighted by Crippen LogP contribution is -2.36. The van der Waals surface area contributed by atoms with Gasteiger partial charge in [0.15, 0.2) is 0 Å². The third-order valence-corrected chi connectivity index (χ3v) is 6.28. The number of benzene rings is 2. The van der Waals surface area contributed by atoms with Crippen molar-refractivity contribution in [2.75, 3.05) is 38.3 Å². The Kier molecular flexibility index (Phi) is 5.57. The summed E-state index contributed by atoms with van der Waals surface area (Å²) < 4.78 is 32.2. The highest BCUT2D eigenvalue weighted by atomic mass is 32.2. The Morgan fingerprint density at radius 2 is 1.77 bits per heavy atom. The van der Waals surface area contributed by atoms with Crippen LogP contribution in [0.1, 0.15) is 11.1 Å². The zero-order chi connectivity index (χ0) is 18.6. The quantitative estimate of drug-likeness (QED) is 0.806. The van der Waals surface area contributed by atoms with Crippen LogP contribution in [0.2, 0.25) is 0 Å². The maximum absolute atomic E-state index is 12.8. The first-order valence-corrected chi connectivity index (χ1v) is 9.83. The summed E-state index contributed by atoms with van der Waals surface area (Å²) in [7, 11) is -2.20. The summed E-state index contributed by atoms with van der Waals surface area (Å²) in [6.45, 7) is 3.41. The molecule has 7 heteroatoms. The van der Waals surface area contributed by atoms with E-state index in [4.69, 9.17) is 10.00 Å². The first kappa shape index (κ1) is 18.4. The normalized spacial score (nSPS) is 15.0. The summed E-state index contributed by atoms with van der Waals surface area (Å²) >= 11 is 0. The van der Waals surface area contributed by atoms with E-state index in [2.05, 4.69) is 4.90 Å². The SMILES string of the molecule is CN(Cc1ccc(N2CCOCC2)cc1)S(=O)(=O)c1ccccc1C#N. The summed E-state index contributed by atoms with van der Waals surface area (Å²) in [6, 6.07) is 16.1. The van der Waals surface area contributed by atoms with Crippen LogP contribution in [0.4, 0.5) is 5.69 Å². The van der Waals surface area contributed by atoms with Gasteiger partial charge in [-0.05, 0) is 29.8 Å². The van der Waals surface area contributed by atoms with Crippen molar-refractivity contribution in [3.63, 3.8) is 0 Å². The largest absolute Gasteiger partial charge is 0.378 e. The van der Waals surface area contributed by atoms with Gasteiger partial charge in [0.05, 0.1) is 23.7 Å². The van der Waals surface area contributed by atoms with Gasteiger partial charge in [0, 0.05) is 32.4 Å². The Morgan fingerprint density at radius 1 is 1.12 bits per heavy atom. The highest BCUT2D eigenvalue weighted by Gasteiger charge is 2.24. The van der Waals surface area contributed by atoms with Gasteiger partial charge < -0.3 is 9.64 Å². The first-order valence-electron chi connectivity index (χ1n) is 8.39. The average molecular weight is 371 g/mol. The van der Waals surface area contributed by atoms with Crippen LogP contribution >= 0.6 is 0 Å². The average Bonchev–Trinajstić information content (AvgIpc) is 2.69. The molecule has 2 aromatic carbocycles. The van der Waals surface area contributed by atoms with Gasteiger partial charge >= 0.3 is 0 Å². The molecule has 1 aliphatic rings. The predicted octanol–water partition coefficient (Wildman–Crippen LogP) is 2.22. The molecule has 0 radical (unpaired) electrons. The molecule has 1 fully saturated rings. The highest BCUT2D eigenvalue weighted by Crippen LogP contribution is 2.22. The number of nitrogens with zero attached hydrogens (tertiary/aromatic N) is 3. The van der Waals surface area contributed by atoms with E-state index in [9.17, 15) is 8.42 Å².